The largest absolute Gasteiger partial charge is 0.456 e. The van der Waals surface area contributed by atoms with Gasteiger partial charge >= 0.3 is 0 Å². The van der Waals surface area contributed by atoms with Crippen LogP contribution in [0.15, 0.2) is 71.7 Å². The van der Waals surface area contributed by atoms with Crippen LogP contribution in [0.4, 0.5) is 11.4 Å². The zero-order valence-electron chi connectivity index (χ0n) is 18.0. The minimum absolute atomic E-state index is 0.0518. The Morgan fingerprint density at radius 3 is 2.39 bits per heavy atom. The van der Waals surface area contributed by atoms with Gasteiger partial charge in [-0.05, 0) is 74.9 Å². The van der Waals surface area contributed by atoms with E-state index in [0.717, 1.165) is 16.9 Å². The minimum Gasteiger partial charge on any atom is -0.456 e. The molecule has 0 bridgehead atoms. The Kier molecular flexibility index (Phi) is 5.83. The van der Waals surface area contributed by atoms with Gasteiger partial charge < -0.3 is 9.64 Å². The molecule has 0 radical (unpaired) electrons. The normalized spacial score (nSPS) is 15.0. The molecule has 0 aromatic heterocycles. The minimum atomic E-state index is -0.0518. The monoisotopic (exact) mass is 450 g/mol. The molecule has 3 nitrogen and oxygen atoms in total. The highest BCUT2D eigenvalue weighted by molar-refractivity contribution is 6.33. The number of fused-ring (bicyclic) bond motifs is 1. The second kappa shape index (κ2) is 8.41. The van der Waals surface area contributed by atoms with Crippen LogP contribution in [0.2, 0.25) is 10.0 Å². The second-order valence-corrected chi connectivity index (χ2v) is 9.03. The molecule has 0 unspecified atom stereocenters. The van der Waals surface area contributed by atoms with Crippen molar-refractivity contribution in [3.8, 4) is 11.5 Å². The highest BCUT2D eigenvalue weighted by Gasteiger charge is 2.29. The van der Waals surface area contributed by atoms with E-state index in [2.05, 4.69) is 49.9 Å². The maximum absolute atomic E-state index is 6.59. The van der Waals surface area contributed by atoms with Crippen molar-refractivity contribution in [2.24, 2.45) is 4.99 Å². The molecule has 0 atom stereocenters. The molecule has 0 N–H and O–H groups in total. The van der Waals surface area contributed by atoms with E-state index in [0.29, 0.717) is 21.5 Å². The van der Waals surface area contributed by atoms with Crippen molar-refractivity contribution in [3.05, 3.63) is 87.9 Å². The Morgan fingerprint density at radius 2 is 1.68 bits per heavy atom. The molecule has 0 saturated carbocycles. The Labute approximate surface area is 193 Å². The number of aliphatic imine (C=N–C) groups is 1. The SMILES string of the molecule is CC1=CC(C)(C)N(C)c2cc(Cl)c(C=Nc3ccc(Oc4ccccc4Cl)cc3)cc21. The van der Waals surface area contributed by atoms with Gasteiger partial charge in [0.1, 0.15) is 11.5 Å². The molecule has 0 amide bonds. The highest BCUT2D eigenvalue weighted by atomic mass is 35.5. The lowest BCUT2D eigenvalue weighted by Gasteiger charge is -2.40. The van der Waals surface area contributed by atoms with E-state index in [1.54, 1.807) is 12.3 Å². The van der Waals surface area contributed by atoms with Gasteiger partial charge in [-0.2, -0.15) is 0 Å². The van der Waals surface area contributed by atoms with Crippen LogP contribution in [-0.2, 0) is 0 Å². The number of ether oxygens (including phenoxy) is 1. The number of hydrogen-bond acceptors (Lipinski definition) is 3. The molecule has 1 heterocycles. The van der Waals surface area contributed by atoms with Crippen LogP contribution in [0.25, 0.3) is 5.57 Å². The zero-order valence-corrected chi connectivity index (χ0v) is 19.5. The number of halogens is 2. The van der Waals surface area contributed by atoms with Gasteiger partial charge in [-0.1, -0.05) is 41.4 Å². The van der Waals surface area contributed by atoms with Gasteiger partial charge in [0.15, 0.2) is 0 Å². The number of para-hydroxylation sites is 1. The third-order valence-electron chi connectivity index (χ3n) is 5.59. The first-order valence-electron chi connectivity index (χ1n) is 10.1. The van der Waals surface area contributed by atoms with Crippen LogP contribution in [0, 0.1) is 0 Å². The Morgan fingerprint density at radius 1 is 0.968 bits per heavy atom. The lowest BCUT2D eigenvalue weighted by Crippen LogP contribution is -2.42. The van der Waals surface area contributed by atoms with Crippen LogP contribution >= 0.6 is 23.2 Å². The van der Waals surface area contributed by atoms with E-state index in [4.69, 9.17) is 27.9 Å². The average molecular weight is 451 g/mol. The molecule has 158 valence electrons. The lowest BCUT2D eigenvalue weighted by molar-refractivity contribution is 0.483. The molecule has 3 aromatic rings. The number of nitrogens with zero attached hydrogens (tertiary/aromatic N) is 2. The summed E-state index contributed by atoms with van der Waals surface area (Å²) in [6, 6.07) is 19.1. The second-order valence-electron chi connectivity index (χ2n) is 8.22. The number of anilines is 1. The highest BCUT2D eigenvalue weighted by Crippen LogP contribution is 2.40. The van der Waals surface area contributed by atoms with E-state index in [1.165, 1.54) is 11.1 Å². The third-order valence-corrected chi connectivity index (χ3v) is 6.23. The predicted molar refractivity (Wildman–Crippen MR) is 133 cm³/mol. The van der Waals surface area contributed by atoms with Gasteiger partial charge in [0.25, 0.3) is 0 Å². The van der Waals surface area contributed by atoms with E-state index in [9.17, 15) is 0 Å². The molecule has 31 heavy (non-hydrogen) atoms. The van der Waals surface area contributed by atoms with Crippen molar-refractivity contribution >= 4 is 46.4 Å². The molecule has 1 aliphatic rings. The number of benzene rings is 3. The lowest BCUT2D eigenvalue weighted by atomic mass is 9.88. The van der Waals surface area contributed by atoms with Crippen LogP contribution in [-0.4, -0.2) is 18.8 Å². The van der Waals surface area contributed by atoms with E-state index < -0.39 is 0 Å². The molecular weight excluding hydrogens is 427 g/mol. The van der Waals surface area contributed by atoms with E-state index in [1.807, 2.05) is 48.5 Å². The quantitative estimate of drug-likeness (QED) is 0.374. The smallest absolute Gasteiger partial charge is 0.146 e. The van der Waals surface area contributed by atoms with Crippen LogP contribution in [0.1, 0.15) is 31.9 Å². The van der Waals surface area contributed by atoms with Crippen molar-refractivity contribution in [1.82, 2.24) is 0 Å². The third kappa shape index (κ3) is 4.48. The van der Waals surface area contributed by atoms with Crippen LogP contribution in [0.3, 0.4) is 0 Å². The summed E-state index contributed by atoms with van der Waals surface area (Å²) in [5.74, 6) is 1.32. The zero-order chi connectivity index (χ0) is 22.2. The Hall–Kier alpha value is -2.75. The Balaban J connectivity index is 1.55. The predicted octanol–water partition coefficient (Wildman–Crippen LogP) is 8.17. The van der Waals surface area contributed by atoms with Crippen LogP contribution < -0.4 is 9.64 Å². The molecule has 0 fully saturated rings. The van der Waals surface area contributed by atoms with Gasteiger partial charge in [0.05, 0.1) is 21.3 Å². The number of likely N-dealkylation sites (N-methyl/N-ethyl adjacent to an activating group) is 1. The Bertz CT molecular complexity index is 1180. The molecule has 3 aromatic carbocycles. The summed E-state index contributed by atoms with van der Waals surface area (Å²) < 4.78 is 5.83. The summed E-state index contributed by atoms with van der Waals surface area (Å²) in [5.41, 5.74) is 5.20. The number of rotatable bonds is 4. The molecule has 0 aliphatic carbocycles. The molecule has 4 rings (SSSR count). The summed E-state index contributed by atoms with van der Waals surface area (Å²) in [5, 5.41) is 1.25. The topological polar surface area (TPSA) is 24.8 Å². The maximum Gasteiger partial charge on any atom is 0.146 e. The summed E-state index contributed by atoms with van der Waals surface area (Å²) in [4.78, 5) is 6.85. The van der Waals surface area contributed by atoms with E-state index >= 15 is 0 Å². The molecular formula is C26H24Cl2N2O. The summed E-state index contributed by atoms with van der Waals surface area (Å²) in [6.45, 7) is 6.53. The van der Waals surface area contributed by atoms with Gasteiger partial charge in [0.2, 0.25) is 0 Å². The fourth-order valence-corrected chi connectivity index (χ4v) is 4.07. The van der Waals surface area contributed by atoms with Gasteiger partial charge in [0, 0.05) is 30.1 Å². The molecule has 1 aliphatic heterocycles. The van der Waals surface area contributed by atoms with Crippen LogP contribution in [0.5, 0.6) is 11.5 Å². The van der Waals surface area contributed by atoms with Crippen molar-refractivity contribution < 1.29 is 4.74 Å². The number of hydrogen-bond donors (Lipinski definition) is 0. The van der Waals surface area contributed by atoms with Gasteiger partial charge in [-0.15, -0.1) is 0 Å². The summed E-state index contributed by atoms with van der Waals surface area (Å²) >= 11 is 12.7. The number of allylic oxidation sites excluding steroid dienone is 1. The first-order chi connectivity index (χ1) is 14.7. The molecule has 0 spiro atoms. The fourth-order valence-electron chi connectivity index (χ4n) is 3.69. The first-order valence-corrected chi connectivity index (χ1v) is 10.8. The van der Waals surface area contributed by atoms with Gasteiger partial charge in [-0.3, -0.25) is 4.99 Å². The standard InChI is InChI=1S/C26H24Cl2N2O/c1-17-15-26(2,3)30(4)24-14-23(28)18(13-21(17)24)16-29-19-9-11-20(12-10-19)31-25-8-6-5-7-22(25)27/h5-16H,1-4H3. The van der Waals surface area contributed by atoms with Crippen molar-refractivity contribution in [3.63, 3.8) is 0 Å². The van der Waals surface area contributed by atoms with Gasteiger partial charge in [-0.25, -0.2) is 0 Å². The molecule has 5 heteroatoms. The fraction of sp³-hybridized carbons (Fsp3) is 0.192. The van der Waals surface area contributed by atoms with E-state index in [-0.39, 0.29) is 5.54 Å². The maximum atomic E-state index is 6.59. The summed E-state index contributed by atoms with van der Waals surface area (Å²) in [7, 11) is 2.10. The average Bonchev–Trinajstić information content (AvgIpc) is 2.73. The summed E-state index contributed by atoms with van der Waals surface area (Å²) in [6.07, 6.45) is 4.08. The van der Waals surface area contributed by atoms with Crippen molar-refractivity contribution in [1.29, 1.82) is 0 Å². The van der Waals surface area contributed by atoms with Crippen molar-refractivity contribution in [2.45, 2.75) is 26.3 Å². The van der Waals surface area contributed by atoms with Crippen molar-refractivity contribution in [2.75, 3.05) is 11.9 Å². The first kappa shape index (κ1) is 21.5. The molecule has 0 saturated heterocycles.